The maximum Gasteiger partial charge on any atom is 0.0767 e. The van der Waals surface area contributed by atoms with Crippen molar-refractivity contribution in [1.82, 2.24) is 5.32 Å². The van der Waals surface area contributed by atoms with Crippen LogP contribution < -0.4 is 5.32 Å². The molecule has 0 fully saturated rings. The zero-order chi connectivity index (χ0) is 14.6. The van der Waals surface area contributed by atoms with Crippen molar-refractivity contribution in [2.24, 2.45) is 0 Å². The molecule has 1 aromatic rings. The SMILES string of the molecule is CCCCCCOC(CC)C(NCC)c1ccccc1. The smallest absolute Gasteiger partial charge is 0.0767 e. The van der Waals surface area contributed by atoms with Crippen molar-refractivity contribution in [3.63, 3.8) is 0 Å². The topological polar surface area (TPSA) is 21.3 Å². The predicted molar refractivity (Wildman–Crippen MR) is 87.0 cm³/mol. The molecule has 2 heteroatoms. The van der Waals surface area contributed by atoms with Gasteiger partial charge < -0.3 is 10.1 Å². The van der Waals surface area contributed by atoms with E-state index < -0.39 is 0 Å². The van der Waals surface area contributed by atoms with E-state index in [9.17, 15) is 0 Å². The molecule has 0 heterocycles. The quantitative estimate of drug-likeness (QED) is 0.591. The predicted octanol–water partition coefficient (Wildman–Crippen LogP) is 4.71. The maximum atomic E-state index is 6.14. The van der Waals surface area contributed by atoms with Gasteiger partial charge in [0.05, 0.1) is 12.1 Å². The molecule has 0 aliphatic carbocycles. The van der Waals surface area contributed by atoms with E-state index in [2.05, 4.69) is 56.4 Å². The van der Waals surface area contributed by atoms with E-state index in [0.717, 1.165) is 19.6 Å². The van der Waals surface area contributed by atoms with Crippen molar-refractivity contribution < 1.29 is 4.74 Å². The summed E-state index contributed by atoms with van der Waals surface area (Å²) in [4.78, 5) is 0. The second-order valence-corrected chi connectivity index (χ2v) is 5.32. The lowest BCUT2D eigenvalue weighted by molar-refractivity contribution is 0.0215. The molecule has 0 spiro atoms. The van der Waals surface area contributed by atoms with Gasteiger partial charge >= 0.3 is 0 Å². The van der Waals surface area contributed by atoms with Crippen molar-refractivity contribution in [3.8, 4) is 0 Å². The van der Waals surface area contributed by atoms with Crippen molar-refractivity contribution >= 4 is 0 Å². The Hall–Kier alpha value is -0.860. The third-order valence-corrected chi connectivity index (χ3v) is 3.69. The first kappa shape index (κ1) is 17.2. The van der Waals surface area contributed by atoms with E-state index in [4.69, 9.17) is 4.74 Å². The number of rotatable bonds is 11. The summed E-state index contributed by atoms with van der Waals surface area (Å²) in [6.07, 6.45) is 6.36. The van der Waals surface area contributed by atoms with Crippen LogP contribution in [-0.2, 0) is 4.74 Å². The second-order valence-electron chi connectivity index (χ2n) is 5.32. The van der Waals surface area contributed by atoms with Crippen LogP contribution in [-0.4, -0.2) is 19.3 Å². The number of unbranched alkanes of at least 4 members (excludes halogenated alkanes) is 3. The molecule has 20 heavy (non-hydrogen) atoms. The first-order valence-electron chi connectivity index (χ1n) is 8.23. The third-order valence-electron chi connectivity index (χ3n) is 3.69. The Balaban J connectivity index is 2.53. The Morgan fingerprint density at radius 3 is 2.35 bits per heavy atom. The van der Waals surface area contributed by atoms with Crippen molar-refractivity contribution in [1.29, 1.82) is 0 Å². The minimum atomic E-state index is 0.263. The number of ether oxygens (including phenoxy) is 1. The normalized spacial score (nSPS) is 14.2. The first-order valence-corrected chi connectivity index (χ1v) is 8.23. The fourth-order valence-electron chi connectivity index (χ4n) is 2.56. The van der Waals surface area contributed by atoms with Gasteiger partial charge in [0.2, 0.25) is 0 Å². The van der Waals surface area contributed by atoms with Gasteiger partial charge in [0.1, 0.15) is 0 Å². The highest BCUT2D eigenvalue weighted by Gasteiger charge is 2.21. The van der Waals surface area contributed by atoms with E-state index >= 15 is 0 Å². The highest BCUT2D eigenvalue weighted by Crippen LogP contribution is 2.22. The maximum absolute atomic E-state index is 6.14. The fraction of sp³-hybridized carbons (Fsp3) is 0.667. The Morgan fingerprint density at radius 1 is 1.00 bits per heavy atom. The van der Waals surface area contributed by atoms with Gasteiger partial charge in [-0.15, -0.1) is 0 Å². The Morgan fingerprint density at radius 2 is 1.75 bits per heavy atom. The summed E-state index contributed by atoms with van der Waals surface area (Å²) in [5.74, 6) is 0. The van der Waals surface area contributed by atoms with Gasteiger partial charge in [0.15, 0.2) is 0 Å². The summed E-state index contributed by atoms with van der Waals surface area (Å²) in [7, 11) is 0. The monoisotopic (exact) mass is 277 g/mol. The average molecular weight is 277 g/mol. The first-order chi connectivity index (χ1) is 9.83. The lowest BCUT2D eigenvalue weighted by atomic mass is 9.99. The zero-order valence-electron chi connectivity index (χ0n) is 13.4. The molecule has 114 valence electrons. The third kappa shape index (κ3) is 6.06. The average Bonchev–Trinajstić information content (AvgIpc) is 2.50. The highest BCUT2D eigenvalue weighted by molar-refractivity contribution is 5.20. The van der Waals surface area contributed by atoms with Crippen LogP contribution in [0.25, 0.3) is 0 Å². The number of nitrogens with one attached hydrogen (secondary N) is 1. The van der Waals surface area contributed by atoms with Crippen LogP contribution in [0.15, 0.2) is 30.3 Å². The van der Waals surface area contributed by atoms with Crippen LogP contribution in [0.5, 0.6) is 0 Å². The molecule has 0 saturated heterocycles. The standard InChI is InChI=1S/C18H31NO/c1-4-7-8-12-15-20-17(5-2)18(19-6-3)16-13-10-9-11-14-16/h9-11,13-14,17-19H,4-8,12,15H2,1-3H3. The zero-order valence-corrected chi connectivity index (χ0v) is 13.4. The van der Waals surface area contributed by atoms with Crippen LogP contribution in [0, 0.1) is 0 Å². The van der Waals surface area contributed by atoms with Crippen LogP contribution in [0.2, 0.25) is 0 Å². The summed E-state index contributed by atoms with van der Waals surface area (Å²) in [5.41, 5.74) is 1.33. The van der Waals surface area contributed by atoms with Crippen LogP contribution in [0.3, 0.4) is 0 Å². The van der Waals surface area contributed by atoms with Crippen molar-refractivity contribution in [2.45, 2.75) is 65.0 Å². The van der Waals surface area contributed by atoms with Gasteiger partial charge in [-0.1, -0.05) is 70.4 Å². The molecule has 2 unspecified atom stereocenters. The van der Waals surface area contributed by atoms with E-state index in [1.165, 1.54) is 31.2 Å². The van der Waals surface area contributed by atoms with Gasteiger partial charge in [0, 0.05) is 6.61 Å². The number of benzene rings is 1. The van der Waals surface area contributed by atoms with Crippen molar-refractivity contribution in [3.05, 3.63) is 35.9 Å². The number of hydrogen-bond donors (Lipinski definition) is 1. The van der Waals surface area contributed by atoms with E-state index in [-0.39, 0.29) is 6.10 Å². The summed E-state index contributed by atoms with van der Waals surface area (Å²) in [6, 6.07) is 11.0. The largest absolute Gasteiger partial charge is 0.376 e. The van der Waals surface area contributed by atoms with E-state index in [1.54, 1.807) is 0 Å². The summed E-state index contributed by atoms with van der Waals surface area (Å²) in [5, 5.41) is 3.58. The lowest BCUT2D eigenvalue weighted by Gasteiger charge is -2.27. The van der Waals surface area contributed by atoms with Crippen molar-refractivity contribution in [2.75, 3.05) is 13.2 Å². The number of likely N-dealkylation sites (N-methyl/N-ethyl adjacent to an activating group) is 1. The molecule has 0 aromatic heterocycles. The van der Waals surface area contributed by atoms with Gasteiger partial charge in [-0.3, -0.25) is 0 Å². The summed E-state index contributed by atoms with van der Waals surface area (Å²) >= 11 is 0. The van der Waals surface area contributed by atoms with Gasteiger partial charge in [-0.05, 0) is 24.9 Å². The molecule has 0 bridgehead atoms. The molecule has 1 rings (SSSR count). The molecule has 1 N–H and O–H groups in total. The second kappa shape index (κ2) is 10.9. The Kier molecular flexibility index (Phi) is 9.35. The molecule has 0 aliphatic rings. The molecule has 0 amide bonds. The fourth-order valence-corrected chi connectivity index (χ4v) is 2.56. The lowest BCUT2D eigenvalue weighted by Crippen LogP contribution is -2.33. The Bertz CT molecular complexity index is 325. The minimum absolute atomic E-state index is 0.263. The van der Waals surface area contributed by atoms with Gasteiger partial charge in [0.25, 0.3) is 0 Å². The van der Waals surface area contributed by atoms with E-state index in [1.807, 2.05) is 0 Å². The Labute approximate surface area is 124 Å². The van der Waals surface area contributed by atoms with Gasteiger partial charge in [-0.2, -0.15) is 0 Å². The van der Waals surface area contributed by atoms with Crippen LogP contribution >= 0.6 is 0 Å². The molecule has 0 radical (unpaired) electrons. The van der Waals surface area contributed by atoms with E-state index in [0.29, 0.717) is 6.04 Å². The molecular formula is C18H31NO. The van der Waals surface area contributed by atoms with Crippen LogP contribution in [0.1, 0.15) is 64.5 Å². The van der Waals surface area contributed by atoms with Crippen LogP contribution in [0.4, 0.5) is 0 Å². The molecule has 2 nitrogen and oxygen atoms in total. The molecule has 0 aliphatic heterocycles. The summed E-state index contributed by atoms with van der Waals surface area (Å²) in [6.45, 7) is 8.46. The minimum Gasteiger partial charge on any atom is -0.376 e. The highest BCUT2D eigenvalue weighted by atomic mass is 16.5. The molecule has 0 saturated carbocycles. The summed E-state index contributed by atoms with van der Waals surface area (Å²) < 4.78 is 6.14. The molecular weight excluding hydrogens is 246 g/mol. The number of hydrogen-bond acceptors (Lipinski definition) is 2. The van der Waals surface area contributed by atoms with Gasteiger partial charge in [-0.25, -0.2) is 0 Å². The molecule has 2 atom stereocenters. The molecule has 1 aromatic carbocycles.